The first-order valence-electron chi connectivity index (χ1n) is 7.14. The van der Waals surface area contributed by atoms with Gasteiger partial charge >= 0.3 is 0 Å². The van der Waals surface area contributed by atoms with E-state index in [0.29, 0.717) is 11.7 Å². The van der Waals surface area contributed by atoms with Crippen LogP contribution in [0.3, 0.4) is 0 Å². The van der Waals surface area contributed by atoms with Crippen LogP contribution >= 0.6 is 0 Å². The first kappa shape index (κ1) is 12.5. The molecule has 2 aromatic heterocycles. The predicted molar refractivity (Wildman–Crippen MR) is 74.4 cm³/mol. The van der Waals surface area contributed by atoms with Crippen molar-refractivity contribution in [2.24, 2.45) is 0 Å². The molecule has 0 N–H and O–H groups in total. The number of ether oxygens (including phenoxy) is 1. The van der Waals surface area contributed by atoms with Gasteiger partial charge in [0.2, 0.25) is 5.82 Å². The third kappa shape index (κ3) is 2.09. The molecule has 0 unspecified atom stereocenters. The van der Waals surface area contributed by atoms with Gasteiger partial charge < -0.3 is 9.26 Å². The summed E-state index contributed by atoms with van der Waals surface area (Å²) >= 11 is 0. The zero-order chi connectivity index (χ0) is 14.2. The van der Waals surface area contributed by atoms with E-state index in [4.69, 9.17) is 9.26 Å². The third-order valence-corrected chi connectivity index (χ3v) is 3.72. The second-order valence-electron chi connectivity index (χ2n) is 5.07. The molecule has 1 aliphatic rings. The highest BCUT2D eigenvalue weighted by molar-refractivity contribution is 5.79. The standard InChI is InChI=1S/C14H15N5O2/c1-2-19-11-6-5-9(8-10(11)16-18-19)13-15-14(21-17-13)12-4-3-7-20-12/h5-6,8,12H,2-4,7H2,1H3/t12-/m0/s1. The van der Waals surface area contributed by atoms with Gasteiger partial charge in [-0.05, 0) is 38.0 Å². The number of hydrogen-bond donors (Lipinski definition) is 0. The molecule has 1 aliphatic heterocycles. The van der Waals surface area contributed by atoms with Crippen molar-refractivity contribution >= 4 is 11.0 Å². The Morgan fingerprint density at radius 1 is 1.38 bits per heavy atom. The normalized spacial score (nSPS) is 18.6. The average Bonchev–Trinajstić information content (AvgIpc) is 3.25. The van der Waals surface area contributed by atoms with E-state index in [0.717, 1.165) is 42.6 Å². The van der Waals surface area contributed by atoms with Crippen LogP contribution in [0, 0.1) is 0 Å². The van der Waals surface area contributed by atoms with Crippen molar-refractivity contribution in [2.45, 2.75) is 32.4 Å². The highest BCUT2D eigenvalue weighted by atomic mass is 16.5. The van der Waals surface area contributed by atoms with E-state index in [1.165, 1.54) is 0 Å². The Morgan fingerprint density at radius 3 is 3.14 bits per heavy atom. The minimum Gasteiger partial charge on any atom is -0.368 e. The lowest BCUT2D eigenvalue weighted by Crippen LogP contribution is -1.96. The number of aromatic nitrogens is 5. The van der Waals surface area contributed by atoms with Crippen molar-refractivity contribution in [3.8, 4) is 11.4 Å². The molecule has 0 radical (unpaired) electrons. The Labute approximate surface area is 120 Å². The molecule has 108 valence electrons. The third-order valence-electron chi connectivity index (χ3n) is 3.72. The molecular formula is C14H15N5O2. The van der Waals surface area contributed by atoms with Gasteiger partial charge in [0.25, 0.3) is 5.89 Å². The molecule has 1 fully saturated rings. The molecule has 3 aromatic rings. The highest BCUT2D eigenvalue weighted by Crippen LogP contribution is 2.29. The second kappa shape index (κ2) is 4.92. The summed E-state index contributed by atoms with van der Waals surface area (Å²) in [5.74, 6) is 1.12. The van der Waals surface area contributed by atoms with Crippen molar-refractivity contribution in [3.05, 3.63) is 24.1 Å². The smallest absolute Gasteiger partial charge is 0.256 e. The average molecular weight is 285 g/mol. The molecule has 1 atom stereocenters. The van der Waals surface area contributed by atoms with Crippen molar-refractivity contribution in [2.75, 3.05) is 6.61 Å². The highest BCUT2D eigenvalue weighted by Gasteiger charge is 2.24. The van der Waals surface area contributed by atoms with Crippen LogP contribution in [-0.4, -0.2) is 31.7 Å². The molecule has 21 heavy (non-hydrogen) atoms. The fourth-order valence-corrected chi connectivity index (χ4v) is 2.60. The number of fused-ring (bicyclic) bond motifs is 1. The Balaban J connectivity index is 1.69. The molecule has 4 rings (SSSR count). The zero-order valence-corrected chi connectivity index (χ0v) is 11.7. The van der Waals surface area contributed by atoms with Gasteiger partial charge in [-0.2, -0.15) is 4.98 Å². The predicted octanol–water partition coefficient (Wildman–Crippen LogP) is 2.35. The number of benzene rings is 1. The molecule has 0 spiro atoms. The number of nitrogens with zero attached hydrogens (tertiary/aromatic N) is 5. The van der Waals surface area contributed by atoms with Gasteiger partial charge in [0.15, 0.2) is 0 Å². The van der Waals surface area contributed by atoms with Gasteiger partial charge in [-0.15, -0.1) is 5.10 Å². The quantitative estimate of drug-likeness (QED) is 0.735. The molecule has 0 saturated carbocycles. The van der Waals surface area contributed by atoms with Crippen LogP contribution < -0.4 is 0 Å². The molecule has 0 aliphatic carbocycles. The first-order chi connectivity index (χ1) is 10.3. The van der Waals surface area contributed by atoms with Gasteiger partial charge in [0.05, 0.1) is 5.52 Å². The van der Waals surface area contributed by atoms with Crippen molar-refractivity contribution < 1.29 is 9.26 Å². The lowest BCUT2D eigenvalue weighted by atomic mass is 10.2. The summed E-state index contributed by atoms with van der Waals surface area (Å²) in [5.41, 5.74) is 2.71. The molecule has 0 amide bonds. The van der Waals surface area contributed by atoms with Crippen molar-refractivity contribution in [1.82, 2.24) is 25.1 Å². The molecule has 3 heterocycles. The minimum atomic E-state index is -0.0593. The van der Waals surface area contributed by atoms with Crippen LogP contribution in [-0.2, 0) is 11.3 Å². The van der Waals surface area contributed by atoms with E-state index in [-0.39, 0.29) is 6.10 Å². The maximum absolute atomic E-state index is 5.55. The topological polar surface area (TPSA) is 78.9 Å². The van der Waals surface area contributed by atoms with E-state index in [1.807, 2.05) is 29.8 Å². The van der Waals surface area contributed by atoms with Crippen LogP contribution in [0.1, 0.15) is 31.8 Å². The van der Waals surface area contributed by atoms with Gasteiger partial charge in [-0.25, -0.2) is 4.68 Å². The van der Waals surface area contributed by atoms with E-state index >= 15 is 0 Å². The maximum Gasteiger partial charge on any atom is 0.256 e. The molecule has 7 nitrogen and oxygen atoms in total. The number of aryl methyl sites for hydroxylation is 1. The SMILES string of the molecule is CCn1nnc2cc(-c3noc([C@@H]4CCCO4)n3)ccc21. The van der Waals surface area contributed by atoms with E-state index in [9.17, 15) is 0 Å². The largest absolute Gasteiger partial charge is 0.368 e. The summed E-state index contributed by atoms with van der Waals surface area (Å²) in [5, 5.41) is 12.3. The fraction of sp³-hybridized carbons (Fsp3) is 0.429. The maximum atomic E-state index is 5.55. The summed E-state index contributed by atoms with van der Waals surface area (Å²) in [6.07, 6.45) is 1.91. The lowest BCUT2D eigenvalue weighted by Gasteiger charge is -2.00. The van der Waals surface area contributed by atoms with Gasteiger partial charge in [0, 0.05) is 18.7 Å². The van der Waals surface area contributed by atoms with Crippen LogP contribution in [0.2, 0.25) is 0 Å². The minimum absolute atomic E-state index is 0.0593. The van der Waals surface area contributed by atoms with Crippen molar-refractivity contribution in [3.63, 3.8) is 0 Å². The Kier molecular flexibility index (Phi) is 2.92. The van der Waals surface area contributed by atoms with Gasteiger partial charge in [0.1, 0.15) is 11.6 Å². The van der Waals surface area contributed by atoms with E-state index in [2.05, 4.69) is 20.5 Å². The fourth-order valence-electron chi connectivity index (χ4n) is 2.60. The zero-order valence-electron chi connectivity index (χ0n) is 11.7. The lowest BCUT2D eigenvalue weighted by molar-refractivity contribution is 0.0835. The van der Waals surface area contributed by atoms with E-state index < -0.39 is 0 Å². The van der Waals surface area contributed by atoms with E-state index in [1.54, 1.807) is 0 Å². The second-order valence-corrected chi connectivity index (χ2v) is 5.07. The van der Waals surface area contributed by atoms with Crippen molar-refractivity contribution in [1.29, 1.82) is 0 Å². The monoisotopic (exact) mass is 285 g/mol. The summed E-state index contributed by atoms with van der Waals surface area (Å²) in [6, 6.07) is 5.87. The number of rotatable bonds is 3. The summed E-state index contributed by atoms with van der Waals surface area (Å²) < 4.78 is 12.7. The van der Waals surface area contributed by atoms with Crippen LogP contribution in [0.25, 0.3) is 22.4 Å². The Hall–Kier alpha value is -2.28. The molecule has 7 heteroatoms. The molecule has 0 bridgehead atoms. The summed E-state index contributed by atoms with van der Waals surface area (Å²) in [4.78, 5) is 4.44. The summed E-state index contributed by atoms with van der Waals surface area (Å²) in [7, 11) is 0. The van der Waals surface area contributed by atoms with Gasteiger partial charge in [-0.3, -0.25) is 0 Å². The Bertz CT molecular complexity index is 773. The number of hydrogen-bond acceptors (Lipinski definition) is 6. The Morgan fingerprint density at radius 2 is 2.33 bits per heavy atom. The molecular weight excluding hydrogens is 270 g/mol. The molecule has 1 aromatic carbocycles. The van der Waals surface area contributed by atoms with Crippen LogP contribution in [0.15, 0.2) is 22.7 Å². The van der Waals surface area contributed by atoms with Gasteiger partial charge in [-0.1, -0.05) is 10.4 Å². The first-order valence-corrected chi connectivity index (χ1v) is 7.14. The van der Waals surface area contributed by atoms with Crippen LogP contribution in [0.5, 0.6) is 0 Å². The molecule has 1 saturated heterocycles. The summed E-state index contributed by atoms with van der Waals surface area (Å²) in [6.45, 7) is 3.59. The van der Waals surface area contributed by atoms with Crippen LogP contribution in [0.4, 0.5) is 0 Å².